The third-order valence-electron chi connectivity index (χ3n) is 4.90. The number of pyridine rings is 1. The van der Waals surface area contributed by atoms with E-state index < -0.39 is 0 Å². The number of ether oxygens (including phenoxy) is 1. The van der Waals surface area contributed by atoms with Gasteiger partial charge in [-0.1, -0.05) is 22.9 Å². The number of benzene rings is 1. The van der Waals surface area contributed by atoms with Crippen LogP contribution in [0.1, 0.15) is 42.7 Å². The average Bonchev–Trinajstić information content (AvgIpc) is 3.19. The standard InChI is InChI=1S/C20H18BrFN2O2/c1-3-26-19(25)12-8-14-11-17(15-5-4-13(21)10-16(15)22)23-24(14)18(9-12)20(2)6-7-20/h4-5,8-11H,3,6-7H2,1-2H3. The summed E-state index contributed by atoms with van der Waals surface area (Å²) in [4.78, 5) is 12.2. The number of carbonyl (C=O) groups excluding carboxylic acids is 1. The van der Waals surface area contributed by atoms with E-state index in [1.807, 2.05) is 16.6 Å². The molecule has 1 saturated carbocycles. The average molecular weight is 417 g/mol. The van der Waals surface area contributed by atoms with Gasteiger partial charge in [-0.15, -0.1) is 0 Å². The fourth-order valence-electron chi connectivity index (χ4n) is 3.14. The Morgan fingerprint density at radius 1 is 1.31 bits per heavy atom. The van der Waals surface area contributed by atoms with Crippen molar-refractivity contribution >= 4 is 27.4 Å². The summed E-state index contributed by atoms with van der Waals surface area (Å²) in [6.45, 7) is 4.26. The molecule has 1 aliphatic carbocycles. The van der Waals surface area contributed by atoms with Gasteiger partial charge in [0.25, 0.3) is 0 Å². The van der Waals surface area contributed by atoms with Crippen LogP contribution in [0.4, 0.5) is 4.39 Å². The molecule has 1 fully saturated rings. The molecule has 1 aromatic carbocycles. The molecule has 26 heavy (non-hydrogen) atoms. The summed E-state index contributed by atoms with van der Waals surface area (Å²) in [5, 5.41) is 4.64. The number of carbonyl (C=O) groups is 1. The van der Waals surface area contributed by atoms with Gasteiger partial charge in [0, 0.05) is 21.1 Å². The lowest BCUT2D eigenvalue weighted by Crippen LogP contribution is -2.13. The first-order valence-electron chi connectivity index (χ1n) is 8.58. The quantitative estimate of drug-likeness (QED) is 0.553. The number of fused-ring (bicyclic) bond motifs is 1. The minimum absolute atomic E-state index is 0.0116. The molecule has 0 spiro atoms. The molecule has 3 aromatic rings. The van der Waals surface area contributed by atoms with Crippen LogP contribution in [0, 0.1) is 5.82 Å². The Balaban J connectivity index is 1.90. The van der Waals surface area contributed by atoms with Crippen LogP contribution >= 0.6 is 15.9 Å². The molecule has 4 rings (SSSR count). The molecular formula is C20H18BrFN2O2. The molecule has 0 aliphatic heterocycles. The number of esters is 1. The van der Waals surface area contributed by atoms with Gasteiger partial charge >= 0.3 is 5.97 Å². The summed E-state index contributed by atoms with van der Waals surface area (Å²) >= 11 is 3.27. The molecule has 4 nitrogen and oxygen atoms in total. The van der Waals surface area contributed by atoms with Crippen LogP contribution in [0.25, 0.3) is 16.8 Å². The number of nitrogens with zero attached hydrogens (tertiary/aromatic N) is 2. The smallest absolute Gasteiger partial charge is 0.338 e. The van der Waals surface area contributed by atoms with Gasteiger partial charge in [0.15, 0.2) is 0 Å². The Morgan fingerprint density at radius 3 is 2.73 bits per heavy atom. The Hall–Kier alpha value is -2.21. The minimum atomic E-state index is -0.349. The first-order chi connectivity index (χ1) is 12.4. The molecule has 0 unspecified atom stereocenters. The molecule has 0 bridgehead atoms. The molecule has 134 valence electrons. The summed E-state index contributed by atoms with van der Waals surface area (Å²) in [5.41, 5.74) is 3.19. The third kappa shape index (κ3) is 2.92. The Labute approximate surface area is 159 Å². The van der Waals surface area contributed by atoms with Crippen LogP contribution in [-0.4, -0.2) is 22.2 Å². The second-order valence-electron chi connectivity index (χ2n) is 6.90. The third-order valence-corrected chi connectivity index (χ3v) is 5.39. The van der Waals surface area contributed by atoms with Gasteiger partial charge in [0.1, 0.15) is 5.82 Å². The summed E-state index contributed by atoms with van der Waals surface area (Å²) in [5.74, 6) is -0.689. The predicted molar refractivity (Wildman–Crippen MR) is 101 cm³/mol. The van der Waals surface area contributed by atoms with Gasteiger partial charge in [0.2, 0.25) is 0 Å². The van der Waals surface area contributed by atoms with Crippen LogP contribution in [-0.2, 0) is 10.2 Å². The van der Waals surface area contributed by atoms with Crippen molar-refractivity contribution < 1.29 is 13.9 Å². The Bertz CT molecular complexity index is 1020. The lowest BCUT2D eigenvalue weighted by molar-refractivity contribution is 0.0526. The highest BCUT2D eigenvalue weighted by Crippen LogP contribution is 2.48. The van der Waals surface area contributed by atoms with Crippen molar-refractivity contribution in [3.8, 4) is 11.3 Å². The van der Waals surface area contributed by atoms with E-state index in [-0.39, 0.29) is 17.2 Å². The van der Waals surface area contributed by atoms with Gasteiger partial charge in [-0.25, -0.2) is 13.7 Å². The van der Waals surface area contributed by atoms with Gasteiger partial charge in [0.05, 0.1) is 23.4 Å². The van der Waals surface area contributed by atoms with Crippen molar-refractivity contribution in [3.05, 3.63) is 57.9 Å². The molecular weight excluding hydrogens is 399 g/mol. The van der Waals surface area contributed by atoms with E-state index >= 15 is 0 Å². The highest BCUT2D eigenvalue weighted by molar-refractivity contribution is 9.10. The van der Waals surface area contributed by atoms with E-state index in [1.165, 1.54) is 6.07 Å². The normalized spacial score (nSPS) is 15.2. The maximum atomic E-state index is 14.4. The van der Waals surface area contributed by atoms with E-state index in [0.717, 1.165) is 24.1 Å². The predicted octanol–water partition coefficient (Wildman–Crippen LogP) is 5.13. The molecule has 0 amide bonds. The lowest BCUT2D eigenvalue weighted by atomic mass is 10.0. The van der Waals surface area contributed by atoms with Crippen molar-refractivity contribution in [1.29, 1.82) is 0 Å². The molecule has 2 aromatic heterocycles. The zero-order chi connectivity index (χ0) is 18.5. The van der Waals surface area contributed by atoms with Crippen molar-refractivity contribution in [2.45, 2.75) is 32.1 Å². The van der Waals surface area contributed by atoms with Crippen molar-refractivity contribution in [3.63, 3.8) is 0 Å². The SMILES string of the molecule is CCOC(=O)c1cc(C2(C)CC2)n2nc(-c3ccc(Br)cc3F)cc2c1. The molecule has 2 heterocycles. The number of rotatable bonds is 4. The van der Waals surface area contributed by atoms with E-state index in [0.29, 0.717) is 27.9 Å². The van der Waals surface area contributed by atoms with Crippen molar-refractivity contribution in [1.82, 2.24) is 9.61 Å². The zero-order valence-electron chi connectivity index (χ0n) is 14.6. The van der Waals surface area contributed by atoms with E-state index in [1.54, 1.807) is 25.1 Å². The van der Waals surface area contributed by atoms with E-state index in [9.17, 15) is 9.18 Å². The minimum Gasteiger partial charge on any atom is -0.462 e. The van der Waals surface area contributed by atoms with Crippen molar-refractivity contribution in [2.75, 3.05) is 6.61 Å². The second kappa shape index (κ2) is 6.20. The van der Waals surface area contributed by atoms with Crippen LogP contribution in [0.2, 0.25) is 0 Å². The molecule has 0 N–H and O–H groups in total. The monoisotopic (exact) mass is 416 g/mol. The number of hydrogen-bond donors (Lipinski definition) is 0. The van der Waals surface area contributed by atoms with E-state index in [2.05, 4.69) is 28.0 Å². The van der Waals surface area contributed by atoms with Gasteiger partial charge < -0.3 is 4.74 Å². The topological polar surface area (TPSA) is 43.6 Å². The van der Waals surface area contributed by atoms with Crippen molar-refractivity contribution in [2.24, 2.45) is 0 Å². The van der Waals surface area contributed by atoms with Crippen LogP contribution in [0.15, 0.2) is 40.9 Å². The fraction of sp³-hybridized carbons (Fsp3) is 0.300. The summed E-state index contributed by atoms with van der Waals surface area (Å²) in [7, 11) is 0. The maximum absolute atomic E-state index is 14.4. The van der Waals surface area contributed by atoms with Crippen LogP contribution in [0.3, 0.4) is 0 Å². The number of halogens is 2. The number of hydrogen-bond acceptors (Lipinski definition) is 3. The lowest BCUT2D eigenvalue weighted by Gasteiger charge is -2.13. The molecule has 0 atom stereocenters. The molecule has 0 saturated heterocycles. The molecule has 6 heteroatoms. The molecule has 0 radical (unpaired) electrons. The Morgan fingerprint density at radius 2 is 2.08 bits per heavy atom. The maximum Gasteiger partial charge on any atom is 0.338 e. The van der Waals surface area contributed by atoms with Gasteiger partial charge in [-0.3, -0.25) is 0 Å². The zero-order valence-corrected chi connectivity index (χ0v) is 16.1. The summed E-state index contributed by atoms with van der Waals surface area (Å²) in [6, 6.07) is 10.3. The summed E-state index contributed by atoms with van der Waals surface area (Å²) in [6.07, 6.45) is 2.08. The van der Waals surface area contributed by atoms with Crippen LogP contribution in [0.5, 0.6) is 0 Å². The Kier molecular flexibility index (Phi) is 4.10. The molecule has 1 aliphatic rings. The first kappa shape index (κ1) is 17.2. The number of aromatic nitrogens is 2. The first-order valence-corrected chi connectivity index (χ1v) is 9.37. The highest BCUT2D eigenvalue weighted by Gasteiger charge is 2.42. The second-order valence-corrected chi connectivity index (χ2v) is 7.82. The highest BCUT2D eigenvalue weighted by atomic mass is 79.9. The van der Waals surface area contributed by atoms with E-state index in [4.69, 9.17) is 4.74 Å². The van der Waals surface area contributed by atoms with Crippen LogP contribution < -0.4 is 0 Å². The van der Waals surface area contributed by atoms with Gasteiger partial charge in [-0.2, -0.15) is 5.10 Å². The fourth-order valence-corrected chi connectivity index (χ4v) is 3.47. The summed E-state index contributed by atoms with van der Waals surface area (Å²) < 4.78 is 22.0. The van der Waals surface area contributed by atoms with Gasteiger partial charge in [-0.05, 0) is 56.2 Å². The largest absolute Gasteiger partial charge is 0.462 e.